The molecular weight excluding hydrogens is 366 g/mol. The lowest BCUT2D eigenvalue weighted by molar-refractivity contribution is -0.0238. The highest BCUT2D eigenvalue weighted by Crippen LogP contribution is 2.38. The predicted molar refractivity (Wildman–Crippen MR) is 103 cm³/mol. The standard InChI is InChI=1S/C19H19N3O4S/c1-11-9-22(19(25)21-18(11)24)17-8-15(14(10-23)26-17)27-16-7-6-12-4-2-3-5-13(12)20-16/h2-7,9,14-15,17,23H,8,10H2,1H3,(H,21,24,25)/t14-,15+,17-/m1/s1. The molecule has 1 fully saturated rings. The highest BCUT2D eigenvalue weighted by molar-refractivity contribution is 7.99. The van der Waals surface area contributed by atoms with Crippen molar-refractivity contribution in [2.45, 2.75) is 36.0 Å². The molecule has 0 amide bonds. The van der Waals surface area contributed by atoms with Gasteiger partial charge in [0, 0.05) is 28.8 Å². The summed E-state index contributed by atoms with van der Waals surface area (Å²) < 4.78 is 7.27. The molecule has 3 aromatic rings. The maximum absolute atomic E-state index is 12.1. The minimum Gasteiger partial charge on any atom is -0.394 e. The maximum Gasteiger partial charge on any atom is 0.330 e. The second kappa shape index (κ2) is 7.30. The lowest BCUT2D eigenvalue weighted by Gasteiger charge is -2.15. The van der Waals surface area contributed by atoms with Crippen LogP contribution in [0.25, 0.3) is 10.9 Å². The van der Waals surface area contributed by atoms with Crippen LogP contribution in [0, 0.1) is 6.92 Å². The van der Waals surface area contributed by atoms with E-state index in [0.717, 1.165) is 15.9 Å². The molecule has 0 saturated carbocycles. The number of aromatic amines is 1. The molecule has 1 saturated heterocycles. The highest BCUT2D eigenvalue weighted by atomic mass is 32.2. The fourth-order valence-corrected chi connectivity index (χ4v) is 4.40. The molecule has 0 unspecified atom stereocenters. The molecule has 2 aromatic heterocycles. The van der Waals surface area contributed by atoms with E-state index in [9.17, 15) is 14.7 Å². The van der Waals surface area contributed by atoms with Crippen LogP contribution in [0.3, 0.4) is 0 Å². The Labute approximate surface area is 159 Å². The number of rotatable bonds is 4. The molecule has 2 N–H and O–H groups in total. The number of hydrogen-bond donors (Lipinski definition) is 2. The third kappa shape index (κ3) is 3.55. The Morgan fingerprint density at radius 1 is 1.30 bits per heavy atom. The van der Waals surface area contributed by atoms with E-state index in [-0.39, 0.29) is 11.9 Å². The van der Waals surface area contributed by atoms with Crippen LogP contribution in [0.1, 0.15) is 18.2 Å². The van der Waals surface area contributed by atoms with Gasteiger partial charge in [-0.2, -0.15) is 0 Å². The van der Waals surface area contributed by atoms with E-state index < -0.39 is 23.6 Å². The summed E-state index contributed by atoms with van der Waals surface area (Å²) in [5, 5.41) is 11.6. The van der Waals surface area contributed by atoms with Gasteiger partial charge in [-0.3, -0.25) is 14.3 Å². The summed E-state index contributed by atoms with van der Waals surface area (Å²) in [5.41, 5.74) is 0.429. The van der Waals surface area contributed by atoms with Gasteiger partial charge in [0.1, 0.15) is 6.23 Å². The number of hydrogen-bond acceptors (Lipinski definition) is 6. The first-order chi connectivity index (χ1) is 13.0. The van der Waals surface area contributed by atoms with Crippen molar-refractivity contribution in [1.82, 2.24) is 14.5 Å². The van der Waals surface area contributed by atoms with Crippen molar-refractivity contribution in [3.05, 3.63) is 69.0 Å². The van der Waals surface area contributed by atoms with Crippen molar-refractivity contribution in [2.75, 3.05) is 6.61 Å². The molecule has 140 valence electrons. The molecular formula is C19H19N3O4S. The van der Waals surface area contributed by atoms with E-state index in [1.807, 2.05) is 36.4 Å². The Bertz CT molecular complexity index is 1090. The molecule has 3 heterocycles. The van der Waals surface area contributed by atoms with Crippen LogP contribution >= 0.6 is 11.8 Å². The first kappa shape index (κ1) is 18.0. The van der Waals surface area contributed by atoms with E-state index >= 15 is 0 Å². The third-order valence-corrected chi connectivity index (χ3v) is 5.93. The summed E-state index contributed by atoms with van der Waals surface area (Å²) in [6.45, 7) is 1.48. The van der Waals surface area contributed by atoms with Gasteiger partial charge in [0.05, 0.1) is 23.3 Å². The van der Waals surface area contributed by atoms with E-state index in [1.165, 1.54) is 22.5 Å². The van der Waals surface area contributed by atoms with Gasteiger partial charge < -0.3 is 9.84 Å². The van der Waals surface area contributed by atoms with Crippen molar-refractivity contribution in [3.8, 4) is 0 Å². The average molecular weight is 385 g/mol. The summed E-state index contributed by atoms with van der Waals surface area (Å²) in [6, 6.07) is 11.8. The van der Waals surface area contributed by atoms with Crippen LogP contribution in [0.2, 0.25) is 0 Å². The predicted octanol–water partition coefficient (Wildman–Crippen LogP) is 1.83. The number of para-hydroxylation sites is 1. The Morgan fingerprint density at radius 2 is 2.11 bits per heavy atom. The fraction of sp³-hybridized carbons (Fsp3) is 0.316. The number of nitrogens with one attached hydrogen (secondary N) is 1. The average Bonchev–Trinajstić information content (AvgIpc) is 3.07. The quantitative estimate of drug-likeness (QED) is 0.711. The lowest BCUT2D eigenvalue weighted by Crippen LogP contribution is -2.33. The molecule has 7 nitrogen and oxygen atoms in total. The number of benzene rings is 1. The number of aromatic nitrogens is 3. The van der Waals surface area contributed by atoms with Gasteiger partial charge in [0.15, 0.2) is 0 Å². The third-order valence-electron chi connectivity index (χ3n) is 4.66. The smallest absolute Gasteiger partial charge is 0.330 e. The number of pyridine rings is 1. The summed E-state index contributed by atoms with van der Waals surface area (Å²) in [5.74, 6) is 0. The lowest BCUT2D eigenvalue weighted by atomic mass is 10.2. The Hall–Kier alpha value is -2.42. The normalized spacial score (nSPS) is 22.4. The Balaban J connectivity index is 1.58. The summed E-state index contributed by atoms with van der Waals surface area (Å²) in [4.78, 5) is 30.7. The van der Waals surface area contributed by atoms with Crippen molar-refractivity contribution in [2.24, 2.45) is 0 Å². The van der Waals surface area contributed by atoms with Crippen LogP contribution in [0.5, 0.6) is 0 Å². The largest absolute Gasteiger partial charge is 0.394 e. The van der Waals surface area contributed by atoms with Gasteiger partial charge >= 0.3 is 5.69 Å². The first-order valence-corrected chi connectivity index (χ1v) is 9.54. The minimum absolute atomic E-state index is 0.0622. The van der Waals surface area contributed by atoms with Gasteiger partial charge in [-0.1, -0.05) is 24.3 Å². The minimum atomic E-state index is -0.539. The zero-order valence-corrected chi connectivity index (χ0v) is 15.5. The van der Waals surface area contributed by atoms with Crippen LogP contribution in [0.15, 0.2) is 57.2 Å². The molecule has 8 heteroatoms. The van der Waals surface area contributed by atoms with Gasteiger partial charge in [-0.05, 0) is 19.1 Å². The van der Waals surface area contributed by atoms with Crippen LogP contribution in [-0.4, -0.2) is 37.6 Å². The Kier molecular flexibility index (Phi) is 4.86. The van der Waals surface area contributed by atoms with Gasteiger partial charge in [0.25, 0.3) is 5.56 Å². The van der Waals surface area contributed by atoms with E-state index in [4.69, 9.17) is 4.74 Å². The number of aliphatic hydroxyl groups is 1. The topological polar surface area (TPSA) is 97.2 Å². The van der Waals surface area contributed by atoms with Gasteiger partial charge in [-0.25, -0.2) is 9.78 Å². The number of aliphatic hydroxyl groups excluding tert-OH is 1. The number of nitrogens with zero attached hydrogens (tertiary/aromatic N) is 2. The Morgan fingerprint density at radius 3 is 2.93 bits per heavy atom. The first-order valence-electron chi connectivity index (χ1n) is 8.66. The highest BCUT2D eigenvalue weighted by Gasteiger charge is 2.37. The van der Waals surface area contributed by atoms with E-state index in [0.29, 0.717) is 12.0 Å². The van der Waals surface area contributed by atoms with Crippen molar-refractivity contribution < 1.29 is 9.84 Å². The molecule has 1 aliphatic heterocycles. The summed E-state index contributed by atoms with van der Waals surface area (Å²) in [6.07, 6.45) is 1.06. The van der Waals surface area contributed by atoms with Crippen LogP contribution < -0.4 is 11.2 Å². The summed E-state index contributed by atoms with van der Waals surface area (Å²) >= 11 is 1.53. The van der Waals surface area contributed by atoms with Crippen molar-refractivity contribution in [3.63, 3.8) is 0 Å². The monoisotopic (exact) mass is 385 g/mol. The zero-order chi connectivity index (χ0) is 19.0. The van der Waals surface area contributed by atoms with Crippen molar-refractivity contribution >= 4 is 22.7 Å². The van der Waals surface area contributed by atoms with Crippen LogP contribution in [0.4, 0.5) is 0 Å². The molecule has 1 aromatic carbocycles. The molecule has 3 atom stereocenters. The molecule has 1 aliphatic rings. The second-order valence-corrected chi connectivity index (χ2v) is 7.78. The molecule has 0 bridgehead atoms. The maximum atomic E-state index is 12.1. The van der Waals surface area contributed by atoms with Crippen LogP contribution in [-0.2, 0) is 4.74 Å². The zero-order valence-electron chi connectivity index (χ0n) is 14.7. The van der Waals surface area contributed by atoms with Gasteiger partial charge in [-0.15, -0.1) is 11.8 Å². The molecule has 0 radical (unpaired) electrons. The molecule has 0 aliphatic carbocycles. The molecule has 4 rings (SSSR count). The van der Waals surface area contributed by atoms with E-state index in [1.54, 1.807) is 6.92 Å². The number of fused-ring (bicyclic) bond motifs is 1. The second-order valence-electron chi connectivity index (χ2n) is 6.52. The summed E-state index contributed by atoms with van der Waals surface area (Å²) in [7, 11) is 0. The molecule has 0 spiro atoms. The van der Waals surface area contributed by atoms with Gasteiger partial charge in [0.2, 0.25) is 0 Å². The fourth-order valence-electron chi connectivity index (χ4n) is 3.23. The number of H-pyrrole nitrogens is 1. The molecule has 27 heavy (non-hydrogen) atoms. The number of ether oxygens (including phenoxy) is 1. The van der Waals surface area contributed by atoms with Crippen molar-refractivity contribution in [1.29, 1.82) is 0 Å². The SMILES string of the molecule is Cc1cn([C@H]2C[C@H](Sc3ccc4ccccc4n3)[C@@H](CO)O2)c(=O)[nH]c1=O. The van der Waals surface area contributed by atoms with E-state index in [2.05, 4.69) is 9.97 Å². The number of thioether (sulfide) groups is 1. The number of aryl methyl sites for hydroxylation is 1.